The SMILES string of the molecule is Cc1ccc2cc(C(C)(C)OC(=O)C3CC4CC3C(C)C4C)ccc2c1. The highest BCUT2D eigenvalue weighted by Gasteiger charge is 2.52. The van der Waals surface area contributed by atoms with Crippen LogP contribution in [-0.2, 0) is 15.1 Å². The fraction of sp³-hybridized carbons (Fsp3) is 0.542. The monoisotopic (exact) mass is 350 g/mol. The van der Waals surface area contributed by atoms with Crippen molar-refractivity contribution in [1.82, 2.24) is 0 Å². The van der Waals surface area contributed by atoms with Crippen LogP contribution >= 0.6 is 0 Å². The van der Waals surface area contributed by atoms with Crippen molar-refractivity contribution in [2.75, 3.05) is 0 Å². The van der Waals surface area contributed by atoms with E-state index in [1.807, 2.05) is 13.8 Å². The molecule has 0 aromatic heterocycles. The van der Waals surface area contributed by atoms with Crippen LogP contribution in [0.25, 0.3) is 10.8 Å². The summed E-state index contributed by atoms with van der Waals surface area (Å²) in [6.07, 6.45) is 2.22. The third kappa shape index (κ3) is 2.84. The Bertz CT molecular complexity index is 848. The van der Waals surface area contributed by atoms with Gasteiger partial charge in [-0.1, -0.05) is 49.7 Å². The molecule has 2 aromatic rings. The van der Waals surface area contributed by atoms with Crippen LogP contribution in [0.1, 0.15) is 51.7 Å². The van der Waals surface area contributed by atoms with Crippen LogP contribution in [0.4, 0.5) is 0 Å². The van der Waals surface area contributed by atoms with Gasteiger partial charge in [0.1, 0.15) is 5.60 Å². The minimum atomic E-state index is -0.604. The van der Waals surface area contributed by atoms with E-state index >= 15 is 0 Å². The zero-order chi connectivity index (χ0) is 18.6. The molecule has 0 N–H and O–H groups in total. The minimum absolute atomic E-state index is 0.00486. The van der Waals surface area contributed by atoms with Crippen molar-refractivity contribution in [1.29, 1.82) is 0 Å². The van der Waals surface area contributed by atoms with Crippen molar-refractivity contribution in [3.63, 3.8) is 0 Å². The second-order valence-corrected chi connectivity index (χ2v) is 9.22. The topological polar surface area (TPSA) is 26.3 Å². The van der Waals surface area contributed by atoms with E-state index in [1.165, 1.54) is 22.8 Å². The van der Waals surface area contributed by atoms with Gasteiger partial charge in [0.15, 0.2) is 0 Å². The Hall–Kier alpha value is -1.83. The highest BCUT2D eigenvalue weighted by Crippen LogP contribution is 2.55. The molecule has 2 saturated carbocycles. The number of hydrogen-bond acceptors (Lipinski definition) is 2. The van der Waals surface area contributed by atoms with Gasteiger partial charge in [0.25, 0.3) is 0 Å². The number of aryl methyl sites for hydroxylation is 1. The average Bonchev–Trinajstić information content (AvgIpc) is 3.14. The van der Waals surface area contributed by atoms with E-state index in [2.05, 4.69) is 57.2 Å². The first-order valence-corrected chi connectivity index (χ1v) is 10.00. The van der Waals surface area contributed by atoms with Crippen molar-refractivity contribution >= 4 is 16.7 Å². The summed E-state index contributed by atoms with van der Waals surface area (Å²) in [6, 6.07) is 12.9. The van der Waals surface area contributed by atoms with Crippen molar-refractivity contribution in [2.24, 2.45) is 29.6 Å². The van der Waals surface area contributed by atoms with E-state index in [4.69, 9.17) is 4.74 Å². The fourth-order valence-electron chi connectivity index (χ4n) is 5.34. The van der Waals surface area contributed by atoms with Crippen LogP contribution in [0.15, 0.2) is 36.4 Å². The lowest BCUT2D eigenvalue weighted by Crippen LogP contribution is -2.35. The molecule has 5 atom stereocenters. The van der Waals surface area contributed by atoms with Crippen molar-refractivity contribution in [3.05, 3.63) is 47.5 Å². The van der Waals surface area contributed by atoms with Gasteiger partial charge in [-0.25, -0.2) is 0 Å². The number of carbonyl (C=O) groups is 1. The van der Waals surface area contributed by atoms with Crippen molar-refractivity contribution < 1.29 is 9.53 Å². The Morgan fingerprint density at radius 1 is 1.00 bits per heavy atom. The summed E-state index contributed by atoms with van der Waals surface area (Å²) in [5, 5.41) is 2.42. The molecule has 2 aliphatic carbocycles. The molecule has 0 amide bonds. The molecule has 0 spiro atoms. The van der Waals surface area contributed by atoms with Gasteiger partial charge >= 0.3 is 5.97 Å². The van der Waals surface area contributed by atoms with E-state index in [9.17, 15) is 4.79 Å². The van der Waals surface area contributed by atoms with Crippen LogP contribution in [0, 0.1) is 36.5 Å². The first-order valence-electron chi connectivity index (χ1n) is 10.00. The number of rotatable bonds is 3. The molecule has 2 bridgehead atoms. The Morgan fingerprint density at radius 2 is 1.69 bits per heavy atom. The number of benzene rings is 2. The zero-order valence-electron chi connectivity index (χ0n) is 16.6. The number of ether oxygens (including phenoxy) is 1. The molecule has 2 fully saturated rings. The molecular weight excluding hydrogens is 320 g/mol. The Labute approximate surface area is 156 Å². The van der Waals surface area contributed by atoms with Crippen LogP contribution in [0.5, 0.6) is 0 Å². The maximum absolute atomic E-state index is 13.0. The Kier molecular flexibility index (Phi) is 4.13. The van der Waals surface area contributed by atoms with Gasteiger partial charge < -0.3 is 4.74 Å². The van der Waals surface area contributed by atoms with Crippen molar-refractivity contribution in [3.8, 4) is 0 Å². The lowest BCUT2D eigenvalue weighted by Gasteiger charge is -2.33. The Morgan fingerprint density at radius 3 is 2.38 bits per heavy atom. The highest BCUT2D eigenvalue weighted by atomic mass is 16.6. The molecule has 26 heavy (non-hydrogen) atoms. The van der Waals surface area contributed by atoms with Crippen molar-refractivity contribution in [2.45, 2.75) is 53.1 Å². The predicted octanol–water partition coefficient (Wildman–Crippen LogP) is 5.85. The van der Waals surface area contributed by atoms with E-state index in [0.717, 1.165) is 17.9 Å². The summed E-state index contributed by atoms with van der Waals surface area (Å²) in [6.45, 7) is 10.8. The van der Waals surface area contributed by atoms with E-state index in [1.54, 1.807) is 0 Å². The third-order valence-electron chi connectivity index (χ3n) is 7.25. The quantitative estimate of drug-likeness (QED) is 0.649. The van der Waals surface area contributed by atoms with Gasteiger partial charge in [0.05, 0.1) is 5.92 Å². The lowest BCUT2D eigenvalue weighted by molar-refractivity contribution is -0.165. The summed E-state index contributed by atoms with van der Waals surface area (Å²) in [4.78, 5) is 13.0. The Balaban J connectivity index is 1.54. The van der Waals surface area contributed by atoms with Gasteiger partial charge in [0, 0.05) is 0 Å². The second kappa shape index (κ2) is 6.11. The summed E-state index contributed by atoms with van der Waals surface area (Å²) >= 11 is 0. The standard InChI is InChI=1S/C24H30O2/c1-14-6-7-18-11-20(9-8-17(18)10-14)24(4,5)26-23(25)22-13-19-12-21(22)16(3)15(19)2/h6-11,15-16,19,21-22H,12-13H2,1-5H3. The van der Waals surface area contributed by atoms with Gasteiger partial charge in [-0.15, -0.1) is 0 Å². The molecule has 2 aliphatic rings. The molecule has 138 valence electrons. The normalized spacial score (nSPS) is 30.7. The molecule has 0 saturated heterocycles. The molecule has 0 radical (unpaired) electrons. The molecular formula is C24H30O2. The summed E-state index contributed by atoms with van der Waals surface area (Å²) in [5.74, 6) is 2.70. The molecule has 2 heteroatoms. The molecule has 5 unspecified atom stereocenters. The molecule has 0 aliphatic heterocycles. The third-order valence-corrected chi connectivity index (χ3v) is 7.25. The van der Waals surface area contributed by atoms with E-state index in [-0.39, 0.29) is 11.9 Å². The van der Waals surface area contributed by atoms with Crippen LogP contribution < -0.4 is 0 Å². The van der Waals surface area contributed by atoms with Gasteiger partial charge in [-0.05, 0) is 79.7 Å². The lowest BCUT2D eigenvalue weighted by atomic mass is 9.75. The van der Waals surface area contributed by atoms with Gasteiger partial charge in [-0.3, -0.25) is 4.79 Å². The summed E-state index contributed by atoms with van der Waals surface area (Å²) in [7, 11) is 0. The van der Waals surface area contributed by atoms with E-state index < -0.39 is 5.60 Å². The zero-order valence-corrected chi connectivity index (χ0v) is 16.6. The van der Waals surface area contributed by atoms with Gasteiger partial charge in [-0.2, -0.15) is 0 Å². The fourth-order valence-corrected chi connectivity index (χ4v) is 5.34. The molecule has 4 rings (SSSR count). The molecule has 2 aromatic carbocycles. The average molecular weight is 351 g/mol. The number of carbonyl (C=O) groups excluding carboxylic acids is 1. The van der Waals surface area contributed by atoms with E-state index in [0.29, 0.717) is 17.8 Å². The number of esters is 1. The van der Waals surface area contributed by atoms with Crippen LogP contribution in [0.3, 0.4) is 0 Å². The minimum Gasteiger partial charge on any atom is -0.455 e. The number of fused-ring (bicyclic) bond motifs is 3. The highest BCUT2D eigenvalue weighted by molar-refractivity contribution is 5.84. The molecule has 2 nitrogen and oxygen atoms in total. The predicted molar refractivity (Wildman–Crippen MR) is 106 cm³/mol. The second-order valence-electron chi connectivity index (χ2n) is 9.22. The van der Waals surface area contributed by atoms with Gasteiger partial charge in [0.2, 0.25) is 0 Å². The first-order chi connectivity index (χ1) is 12.3. The maximum atomic E-state index is 13.0. The van der Waals surface area contributed by atoms with Crippen LogP contribution in [-0.4, -0.2) is 5.97 Å². The summed E-state index contributed by atoms with van der Waals surface area (Å²) < 4.78 is 6.08. The largest absolute Gasteiger partial charge is 0.455 e. The number of hydrogen-bond donors (Lipinski definition) is 0. The molecule has 0 heterocycles. The maximum Gasteiger partial charge on any atom is 0.310 e. The first kappa shape index (κ1) is 17.6. The smallest absolute Gasteiger partial charge is 0.310 e. The summed E-state index contributed by atoms with van der Waals surface area (Å²) in [5.41, 5.74) is 1.72. The van der Waals surface area contributed by atoms with Crippen LogP contribution in [0.2, 0.25) is 0 Å².